The third-order valence-electron chi connectivity index (χ3n) is 7.38. The van der Waals surface area contributed by atoms with E-state index in [2.05, 4.69) is 56.0 Å². The Morgan fingerprint density at radius 3 is 2.42 bits per heavy atom. The van der Waals surface area contributed by atoms with Crippen molar-refractivity contribution in [1.82, 2.24) is 4.98 Å². The number of aryl methyl sites for hydroxylation is 1. The smallest absolute Gasteiger partial charge is 0.149 e. The highest BCUT2D eigenvalue weighted by Gasteiger charge is 2.22. The normalized spacial score (nSPS) is 20.7. The Balaban J connectivity index is 1.49. The summed E-state index contributed by atoms with van der Waals surface area (Å²) in [7, 11) is 0. The largest absolute Gasteiger partial charge is 0.245 e. The van der Waals surface area contributed by atoms with Gasteiger partial charge in [-0.1, -0.05) is 74.4 Å². The molecule has 0 bridgehead atoms. The van der Waals surface area contributed by atoms with E-state index in [1.165, 1.54) is 36.8 Å². The predicted octanol–water partition coefficient (Wildman–Crippen LogP) is 9.05. The molecule has 1 nitrogen and oxygen atoms in total. The number of aromatic nitrogens is 1. The molecule has 0 radical (unpaired) electrons. The van der Waals surface area contributed by atoms with Gasteiger partial charge in [0.2, 0.25) is 0 Å². The second-order valence-electron chi connectivity index (χ2n) is 9.85. The summed E-state index contributed by atoms with van der Waals surface area (Å²) in [6.45, 7) is 10.3. The van der Waals surface area contributed by atoms with Crippen molar-refractivity contribution in [3.05, 3.63) is 89.0 Å². The van der Waals surface area contributed by atoms with E-state index in [0.717, 1.165) is 59.1 Å². The Morgan fingerprint density at radius 2 is 1.79 bits per heavy atom. The Bertz CT molecular complexity index is 1100. The lowest BCUT2D eigenvalue weighted by atomic mass is 9.90. The summed E-state index contributed by atoms with van der Waals surface area (Å²) in [5.41, 5.74) is 8.00. The van der Waals surface area contributed by atoms with Crippen LogP contribution in [0.1, 0.15) is 86.9 Å². The van der Waals surface area contributed by atoms with Crippen LogP contribution in [-0.2, 0) is 0 Å². The first-order valence-electron chi connectivity index (χ1n) is 12.4. The fourth-order valence-corrected chi connectivity index (χ4v) is 5.17. The molecule has 2 atom stereocenters. The lowest BCUT2D eigenvalue weighted by molar-refractivity contribution is 0.484. The lowest BCUT2D eigenvalue weighted by Crippen LogP contribution is -2.02. The van der Waals surface area contributed by atoms with Gasteiger partial charge in [0.05, 0.1) is 5.69 Å². The minimum Gasteiger partial charge on any atom is -0.245 e. The van der Waals surface area contributed by atoms with Crippen LogP contribution in [0, 0.1) is 24.6 Å². The molecule has 33 heavy (non-hydrogen) atoms. The molecule has 1 aromatic carbocycles. The van der Waals surface area contributed by atoms with Crippen LogP contribution in [0.2, 0.25) is 0 Å². The quantitative estimate of drug-likeness (QED) is 0.417. The van der Waals surface area contributed by atoms with Gasteiger partial charge >= 0.3 is 0 Å². The highest BCUT2D eigenvalue weighted by Crippen LogP contribution is 2.36. The molecule has 0 aliphatic heterocycles. The highest BCUT2D eigenvalue weighted by atomic mass is 19.1. The standard InChI is InChI=1S/C31H36FN/c1-5-23-9-10-24(20-23)7-6-8-30-22(4)19-29(32)31(33-30)28-17-15-27(16-18-28)26-13-11-25(12-14-26)21(2)3/h6,8,11-15,17,19,23-24H,2,5,7,9-10,16,18,20H2,1,3-4H3/b8-6+. The zero-order valence-corrected chi connectivity index (χ0v) is 20.3. The molecule has 2 aliphatic rings. The van der Waals surface area contributed by atoms with Gasteiger partial charge in [-0.15, -0.1) is 0 Å². The maximum Gasteiger partial charge on any atom is 0.149 e. The third kappa shape index (κ3) is 5.61. The van der Waals surface area contributed by atoms with Crippen molar-refractivity contribution in [3.63, 3.8) is 0 Å². The summed E-state index contributed by atoms with van der Waals surface area (Å²) in [4.78, 5) is 4.75. The number of halogens is 1. The highest BCUT2D eigenvalue weighted by molar-refractivity contribution is 5.78. The van der Waals surface area contributed by atoms with Crippen molar-refractivity contribution in [2.45, 2.75) is 65.7 Å². The third-order valence-corrected chi connectivity index (χ3v) is 7.38. The topological polar surface area (TPSA) is 12.9 Å². The molecule has 2 aliphatic carbocycles. The summed E-state index contributed by atoms with van der Waals surface area (Å²) in [5, 5.41) is 0. The predicted molar refractivity (Wildman–Crippen MR) is 140 cm³/mol. The second kappa shape index (κ2) is 10.5. The summed E-state index contributed by atoms with van der Waals surface area (Å²) in [5.74, 6) is 1.47. The molecule has 1 saturated carbocycles. The van der Waals surface area contributed by atoms with E-state index in [-0.39, 0.29) is 5.82 Å². The second-order valence-corrected chi connectivity index (χ2v) is 9.85. The van der Waals surface area contributed by atoms with Gasteiger partial charge in [0, 0.05) is 0 Å². The number of benzene rings is 1. The van der Waals surface area contributed by atoms with Crippen LogP contribution in [0.3, 0.4) is 0 Å². The van der Waals surface area contributed by atoms with Crippen LogP contribution < -0.4 is 0 Å². The minimum absolute atomic E-state index is 0.222. The molecular formula is C31H36FN. The first-order chi connectivity index (χ1) is 15.9. The van der Waals surface area contributed by atoms with Crippen molar-refractivity contribution in [2.24, 2.45) is 11.8 Å². The molecule has 4 rings (SSSR count). The monoisotopic (exact) mass is 441 g/mol. The summed E-state index contributed by atoms with van der Waals surface area (Å²) in [6, 6.07) is 10.2. The van der Waals surface area contributed by atoms with Crippen LogP contribution in [0.4, 0.5) is 4.39 Å². The molecule has 2 aromatic rings. The van der Waals surface area contributed by atoms with Gasteiger partial charge in [-0.25, -0.2) is 9.37 Å². The van der Waals surface area contributed by atoms with E-state index >= 15 is 0 Å². The molecule has 1 aromatic heterocycles. The first-order valence-corrected chi connectivity index (χ1v) is 12.4. The molecule has 1 fully saturated rings. The van der Waals surface area contributed by atoms with Crippen LogP contribution in [-0.4, -0.2) is 4.98 Å². The molecule has 2 heteroatoms. The van der Waals surface area contributed by atoms with Gasteiger partial charge in [-0.3, -0.25) is 0 Å². The van der Waals surface area contributed by atoms with Gasteiger partial charge in [-0.2, -0.15) is 0 Å². The number of hydrogen-bond donors (Lipinski definition) is 0. The van der Waals surface area contributed by atoms with Crippen LogP contribution in [0.25, 0.3) is 22.8 Å². The summed E-state index contributed by atoms with van der Waals surface area (Å²) in [6.07, 6.45) is 16.7. The van der Waals surface area contributed by atoms with Crippen molar-refractivity contribution >= 4 is 22.8 Å². The number of allylic oxidation sites excluding steroid dienone is 6. The van der Waals surface area contributed by atoms with Crippen LogP contribution >= 0.6 is 0 Å². The maximum atomic E-state index is 14.8. The van der Waals surface area contributed by atoms with Gasteiger partial charge in [0.25, 0.3) is 0 Å². The van der Waals surface area contributed by atoms with Gasteiger partial charge < -0.3 is 0 Å². The summed E-state index contributed by atoms with van der Waals surface area (Å²) >= 11 is 0. The van der Waals surface area contributed by atoms with Gasteiger partial charge in [0.1, 0.15) is 11.5 Å². The zero-order chi connectivity index (χ0) is 23.4. The van der Waals surface area contributed by atoms with Gasteiger partial charge in [-0.05, 0) is 97.8 Å². The van der Waals surface area contributed by atoms with E-state index < -0.39 is 0 Å². The zero-order valence-electron chi connectivity index (χ0n) is 20.3. The van der Waals surface area contributed by atoms with Crippen LogP contribution in [0.15, 0.2) is 55.1 Å². The number of nitrogens with zero attached hydrogens (tertiary/aromatic N) is 1. The van der Waals surface area contributed by atoms with Crippen molar-refractivity contribution in [1.29, 1.82) is 0 Å². The number of hydrogen-bond acceptors (Lipinski definition) is 1. The molecule has 2 unspecified atom stereocenters. The van der Waals surface area contributed by atoms with E-state index in [1.54, 1.807) is 6.07 Å². The number of pyridine rings is 1. The van der Waals surface area contributed by atoms with Crippen molar-refractivity contribution < 1.29 is 4.39 Å². The van der Waals surface area contributed by atoms with E-state index in [0.29, 0.717) is 5.69 Å². The average molecular weight is 442 g/mol. The molecule has 0 saturated heterocycles. The Labute approximate surface area is 198 Å². The molecule has 172 valence electrons. The number of rotatable bonds is 7. The van der Waals surface area contributed by atoms with Crippen molar-refractivity contribution in [3.8, 4) is 0 Å². The molecule has 1 heterocycles. The van der Waals surface area contributed by atoms with E-state index in [1.807, 2.05) is 19.9 Å². The Morgan fingerprint density at radius 1 is 1.09 bits per heavy atom. The first kappa shape index (κ1) is 23.4. The molecular weight excluding hydrogens is 405 g/mol. The van der Waals surface area contributed by atoms with Crippen LogP contribution in [0.5, 0.6) is 0 Å². The maximum absolute atomic E-state index is 14.8. The SMILES string of the molecule is C=C(C)c1ccc(C2=CC=C(c3nc(/C=C/CC4CCC(CC)C4)c(C)cc3F)CC2)cc1. The lowest BCUT2D eigenvalue weighted by Gasteiger charge is -2.16. The molecule has 0 N–H and O–H groups in total. The minimum atomic E-state index is -0.222. The van der Waals surface area contributed by atoms with Crippen molar-refractivity contribution in [2.75, 3.05) is 0 Å². The van der Waals surface area contributed by atoms with Gasteiger partial charge in [0.15, 0.2) is 0 Å². The Hall–Kier alpha value is -2.74. The fraction of sp³-hybridized carbons (Fsp3) is 0.387. The Kier molecular flexibility index (Phi) is 7.42. The average Bonchev–Trinajstić information content (AvgIpc) is 3.29. The molecule has 0 spiro atoms. The fourth-order valence-electron chi connectivity index (χ4n) is 5.17. The summed E-state index contributed by atoms with van der Waals surface area (Å²) < 4.78 is 14.8. The van der Waals surface area contributed by atoms with E-state index in [4.69, 9.17) is 4.98 Å². The van der Waals surface area contributed by atoms with E-state index in [9.17, 15) is 4.39 Å². The molecule has 0 amide bonds.